The Bertz CT molecular complexity index is 751. The Morgan fingerprint density at radius 3 is 2.82 bits per heavy atom. The molecule has 5 N–H and O–H groups in total. The summed E-state index contributed by atoms with van der Waals surface area (Å²) in [5, 5.41) is 12.5. The average molecular weight is 231 g/mol. The fourth-order valence-corrected chi connectivity index (χ4v) is 1.77. The molecule has 6 nitrogen and oxygen atoms in total. The molecular weight excluding hydrogens is 222 g/mol. The van der Waals surface area contributed by atoms with Crippen molar-refractivity contribution in [1.82, 2.24) is 10.1 Å². The summed E-state index contributed by atoms with van der Waals surface area (Å²) in [5.74, 6) is 0.395. The van der Waals surface area contributed by atoms with E-state index < -0.39 is 5.56 Å². The van der Waals surface area contributed by atoms with Gasteiger partial charge in [-0.15, -0.1) is 0 Å². The fraction of sp³-hybridized carbons (Fsp3) is 0. The molecule has 0 aliphatic rings. The van der Waals surface area contributed by atoms with Gasteiger partial charge in [0.05, 0.1) is 5.69 Å². The van der Waals surface area contributed by atoms with Crippen LogP contribution in [0.4, 0.5) is 5.69 Å². The summed E-state index contributed by atoms with van der Waals surface area (Å²) in [6.07, 6.45) is 0. The molecule has 0 unspecified atom stereocenters. The Hall–Kier alpha value is -2.63. The lowest BCUT2D eigenvalue weighted by Gasteiger charge is -1.91. The molecule has 0 radical (unpaired) electrons. The lowest BCUT2D eigenvalue weighted by atomic mass is 10.2. The van der Waals surface area contributed by atoms with Gasteiger partial charge in [0.15, 0.2) is 0 Å². The van der Waals surface area contributed by atoms with Crippen LogP contribution in [0.3, 0.4) is 0 Å². The van der Waals surface area contributed by atoms with Gasteiger partial charge in [0.1, 0.15) is 11.4 Å². The Morgan fingerprint density at radius 1 is 1.35 bits per heavy atom. The van der Waals surface area contributed by atoms with Gasteiger partial charge < -0.3 is 20.3 Å². The summed E-state index contributed by atoms with van der Waals surface area (Å²) >= 11 is 0. The van der Waals surface area contributed by atoms with Gasteiger partial charge in [-0.3, -0.25) is 4.79 Å². The number of rotatable bonds is 1. The maximum atomic E-state index is 11.2. The highest BCUT2D eigenvalue weighted by atomic mass is 16.5. The Balaban J connectivity index is 2.29. The van der Waals surface area contributed by atoms with Gasteiger partial charge in [0.2, 0.25) is 5.76 Å². The molecule has 3 aromatic rings. The summed E-state index contributed by atoms with van der Waals surface area (Å²) in [6.45, 7) is 0. The Morgan fingerprint density at radius 2 is 2.18 bits per heavy atom. The van der Waals surface area contributed by atoms with E-state index in [1.807, 2.05) is 0 Å². The molecule has 0 atom stereocenters. The summed E-state index contributed by atoms with van der Waals surface area (Å²) in [7, 11) is 0. The molecule has 17 heavy (non-hydrogen) atoms. The highest BCUT2D eigenvalue weighted by Gasteiger charge is 2.14. The Labute approximate surface area is 94.6 Å². The van der Waals surface area contributed by atoms with E-state index in [1.54, 1.807) is 24.3 Å². The second-order valence-corrected chi connectivity index (χ2v) is 3.70. The molecule has 6 heteroatoms. The van der Waals surface area contributed by atoms with Crippen LogP contribution in [0.15, 0.2) is 33.6 Å². The first-order valence-corrected chi connectivity index (χ1v) is 4.95. The number of benzene rings is 1. The second kappa shape index (κ2) is 3.18. The lowest BCUT2D eigenvalue weighted by molar-refractivity contribution is 0.425. The van der Waals surface area contributed by atoms with E-state index in [-0.39, 0.29) is 17.2 Å². The predicted octanol–water partition coefficient (Wildman–Crippen LogP) is 1.40. The SMILES string of the molecule is Nc1c(-c2cc3c(O)cccc3[nH]2)o[nH]c1=O. The molecular formula is C11H9N3O3. The van der Waals surface area contributed by atoms with Crippen molar-refractivity contribution in [2.45, 2.75) is 0 Å². The van der Waals surface area contributed by atoms with E-state index in [0.29, 0.717) is 11.1 Å². The molecule has 0 saturated heterocycles. The minimum absolute atomic E-state index is 0.0102. The molecule has 0 aliphatic carbocycles. The number of hydrogen-bond acceptors (Lipinski definition) is 4. The van der Waals surface area contributed by atoms with Gasteiger partial charge in [-0.25, -0.2) is 0 Å². The highest BCUT2D eigenvalue weighted by molar-refractivity contribution is 5.91. The van der Waals surface area contributed by atoms with Gasteiger partial charge in [-0.1, -0.05) is 6.07 Å². The van der Waals surface area contributed by atoms with Crippen molar-refractivity contribution < 1.29 is 9.63 Å². The van der Waals surface area contributed by atoms with Crippen molar-refractivity contribution in [3.63, 3.8) is 0 Å². The molecule has 2 aromatic heterocycles. The predicted molar refractivity (Wildman–Crippen MR) is 62.7 cm³/mol. The molecule has 0 saturated carbocycles. The van der Waals surface area contributed by atoms with Crippen LogP contribution < -0.4 is 11.3 Å². The van der Waals surface area contributed by atoms with E-state index in [0.717, 1.165) is 5.52 Å². The largest absolute Gasteiger partial charge is 0.507 e. The number of phenolic OH excluding ortho intramolecular Hbond substituents is 1. The van der Waals surface area contributed by atoms with Crippen molar-refractivity contribution in [2.75, 3.05) is 5.73 Å². The zero-order valence-corrected chi connectivity index (χ0v) is 8.65. The molecule has 86 valence electrons. The number of H-pyrrole nitrogens is 2. The number of anilines is 1. The van der Waals surface area contributed by atoms with Crippen LogP contribution in [0.25, 0.3) is 22.4 Å². The van der Waals surface area contributed by atoms with Crippen molar-refractivity contribution in [3.05, 3.63) is 34.6 Å². The number of aromatic nitrogens is 2. The van der Waals surface area contributed by atoms with Gasteiger partial charge in [-0.05, 0) is 18.2 Å². The summed E-state index contributed by atoms with van der Waals surface area (Å²) in [6, 6.07) is 6.78. The zero-order valence-electron chi connectivity index (χ0n) is 8.65. The fourth-order valence-electron chi connectivity index (χ4n) is 1.77. The van der Waals surface area contributed by atoms with Crippen LogP contribution in [-0.2, 0) is 0 Å². The number of nitrogen functional groups attached to an aromatic ring is 1. The van der Waals surface area contributed by atoms with Crippen LogP contribution in [-0.4, -0.2) is 15.2 Å². The quantitative estimate of drug-likeness (QED) is 0.507. The number of nitrogens with two attached hydrogens (primary N) is 1. The number of phenols is 1. The zero-order chi connectivity index (χ0) is 12.0. The molecule has 0 bridgehead atoms. The maximum absolute atomic E-state index is 11.2. The standard InChI is InChI=1S/C11H9N3O3/c12-9-10(17-14-11(9)16)7-4-5-6(13-7)2-1-3-8(5)15/h1-4,13,15H,12H2,(H,14,16). The highest BCUT2D eigenvalue weighted by Crippen LogP contribution is 2.30. The molecule has 2 heterocycles. The first-order chi connectivity index (χ1) is 8.16. The minimum Gasteiger partial charge on any atom is -0.507 e. The maximum Gasteiger partial charge on any atom is 0.303 e. The van der Waals surface area contributed by atoms with E-state index >= 15 is 0 Å². The molecule has 0 aliphatic heterocycles. The van der Waals surface area contributed by atoms with Crippen LogP contribution in [0.2, 0.25) is 0 Å². The third-order valence-corrected chi connectivity index (χ3v) is 2.62. The van der Waals surface area contributed by atoms with Crippen molar-refractivity contribution in [2.24, 2.45) is 0 Å². The van der Waals surface area contributed by atoms with Gasteiger partial charge >= 0.3 is 5.56 Å². The van der Waals surface area contributed by atoms with Gasteiger partial charge in [0, 0.05) is 10.9 Å². The summed E-state index contributed by atoms with van der Waals surface area (Å²) in [5.41, 5.74) is 6.39. The van der Waals surface area contributed by atoms with E-state index in [1.165, 1.54) is 0 Å². The average Bonchev–Trinajstić information content (AvgIpc) is 2.85. The van der Waals surface area contributed by atoms with Crippen molar-refractivity contribution >= 4 is 16.6 Å². The Kier molecular flexibility index (Phi) is 1.79. The normalized spacial score (nSPS) is 11.1. The van der Waals surface area contributed by atoms with E-state index in [9.17, 15) is 9.90 Å². The molecule has 0 amide bonds. The summed E-state index contributed by atoms with van der Waals surface area (Å²) in [4.78, 5) is 14.2. The number of aromatic amines is 2. The lowest BCUT2D eigenvalue weighted by Crippen LogP contribution is -2.04. The van der Waals surface area contributed by atoms with Crippen LogP contribution in [0.1, 0.15) is 0 Å². The van der Waals surface area contributed by atoms with Crippen molar-refractivity contribution in [1.29, 1.82) is 0 Å². The van der Waals surface area contributed by atoms with E-state index in [2.05, 4.69) is 10.1 Å². The topological polar surface area (TPSA) is 108 Å². The molecule has 0 fully saturated rings. The number of hydrogen-bond donors (Lipinski definition) is 4. The molecule has 1 aromatic carbocycles. The monoisotopic (exact) mass is 231 g/mol. The third kappa shape index (κ3) is 1.31. The second-order valence-electron chi connectivity index (χ2n) is 3.70. The van der Waals surface area contributed by atoms with Gasteiger partial charge in [0.25, 0.3) is 0 Å². The van der Waals surface area contributed by atoms with Gasteiger partial charge in [-0.2, -0.15) is 5.16 Å². The first-order valence-electron chi connectivity index (χ1n) is 4.95. The molecule has 3 rings (SSSR count). The number of nitrogens with one attached hydrogen (secondary N) is 2. The van der Waals surface area contributed by atoms with Crippen LogP contribution in [0.5, 0.6) is 5.75 Å². The van der Waals surface area contributed by atoms with E-state index in [4.69, 9.17) is 10.3 Å². The molecule has 0 spiro atoms. The van der Waals surface area contributed by atoms with Crippen molar-refractivity contribution in [3.8, 4) is 17.2 Å². The smallest absolute Gasteiger partial charge is 0.303 e. The minimum atomic E-state index is -0.470. The van der Waals surface area contributed by atoms with Crippen LogP contribution in [0, 0.1) is 0 Å². The first kappa shape index (κ1) is 9.59. The summed E-state index contributed by atoms with van der Waals surface area (Å²) < 4.78 is 4.98. The third-order valence-electron chi connectivity index (χ3n) is 2.62. The number of aromatic hydroxyl groups is 1. The van der Waals surface area contributed by atoms with Crippen LogP contribution >= 0.6 is 0 Å². The number of fused-ring (bicyclic) bond motifs is 1.